The second-order valence-corrected chi connectivity index (χ2v) is 3.50. The van der Waals surface area contributed by atoms with E-state index in [9.17, 15) is 4.79 Å². The molecule has 0 saturated carbocycles. The maximum absolute atomic E-state index is 10.3. The molecular weight excluding hydrogens is 218 g/mol. The first-order valence-corrected chi connectivity index (χ1v) is 5.47. The first-order valence-electron chi connectivity index (χ1n) is 5.47. The lowest BCUT2D eigenvalue weighted by Gasteiger charge is -2.09. The number of rotatable bonds is 6. The summed E-state index contributed by atoms with van der Waals surface area (Å²) >= 11 is 0. The van der Waals surface area contributed by atoms with Gasteiger partial charge in [-0.1, -0.05) is 13.0 Å². The second-order valence-electron chi connectivity index (χ2n) is 3.50. The van der Waals surface area contributed by atoms with E-state index in [2.05, 4.69) is 12.2 Å². The maximum atomic E-state index is 10.3. The van der Waals surface area contributed by atoms with Crippen molar-refractivity contribution in [3.05, 3.63) is 35.9 Å². The minimum Gasteiger partial charge on any atom is -0.496 e. The van der Waals surface area contributed by atoms with Gasteiger partial charge in [-0.3, -0.25) is 0 Å². The van der Waals surface area contributed by atoms with Gasteiger partial charge in [0.1, 0.15) is 5.75 Å². The van der Waals surface area contributed by atoms with Crippen LogP contribution in [-0.2, 0) is 11.2 Å². The predicted molar refractivity (Wildman–Crippen MR) is 67.6 cm³/mol. The van der Waals surface area contributed by atoms with Gasteiger partial charge in [-0.15, -0.1) is 0 Å². The van der Waals surface area contributed by atoms with Gasteiger partial charge in [0.2, 0.25) is 0 Å². The Hall–Kier alpha value is -1.97. The van der Waals surface area contributed by atoms with Gasteiger partial charge in [-0.05, 0) is 30.2 Å². The van der Waals surface area contributed by atoms with Crippen LogP contribution in [0, 0.1) is 0 Å². The summed E-state index contributed by atoms with van der Waals surface area (Å²) in [4.78, 5) is 10.3. The van der Waals surface area contributed by atoms with Crippen molar-refractivity contribution in [3.63, 3.8) is 0 Å². The second kappa shape index (κ2) is 6.58. The molecule has 1 aromatic carbocycles. The Balaban J connectivity index is 2.63. The summed E-state index contributed by atoms with van der Waals surface area (Å²) < 4.78 is 5.23. The van der Waals surface area contributed by atoms with Gasteiger partial charge >= 0.3 is 5.97 Å². The van der Waals surface area contributed by atoms with E-state index in [-0.39, 0.29) is 0 Å². The van der Waals surface area contributed by atoms with Crippen molar-refractivity contribution in [3.8, 4) is 5.75 Å². The molecule has 0 heterocycles. The van der Waals surface area contributed by atoms with Gasteiger partial charge in [0.25, 0.3) is 0 Å². The summed E-state index contributed by atoms with van der Waals surface area (Å²) in [5.74, 6) is -0.0603. The van der Waals surface area contributed by atoms with Gasteiger partial charge < -0.3 is 15.2 Å². The van der Waals surface area contributed by atoms with E-state index in [0.29, 0.717) is 6.54 Å². The highest BCUT2D eigenvalue weighted by atomic mass is 16.5. The molecule has 0 fully saturated rings. The molecule has 0 radical (unpaired) electrons. The van der Waals surface area contributed by atoms with Crippen molar-refractivity contribution in [1.29, 1.82) is 0 Å². The summed E-state index contributed by atoms with van der Waals surface area (Å²) in [7, 11) is 1.65. The van der Waals surface area contributed by atoms with E-state index in [1.165, 1.54) is 0 Å². The molecule has 0 amide bonds. The summed E-state index contributed by atoms with van der Waals surface area (Å²) in [5, 5.41) is 11.6. The van der Waals surface area contributed by atoms with Crippen molar-refractivity contribution in [2.24, 2.45) is 0 Å². The average Bonchev–Trinajstić information content (AvgIpc) is 2.34. The maximum Gasteiger partial charge on any atom is 0.328 e. The van der Waals surface area contributed by atoms with Crippen LogP contribution in [0.2, 0.25) is 0 Å². The molecule has 1 rings (SSSR count). The van der Waals surface area contributed by atoms with Gasteiger partial charge in [0, 0.05) is 18.3 Å². The van der Waals surface area contributed by atoms with Crippen molar-refractivity contribution in [1.82, 2.24) is 0 Å². The van der Waals surface area contributed by atoms with Crippen LogP contribution in [0.1, 0.15) is 12.5 Å². The Morgan fingerprint density at radius 3 is 2.88 bits per heavy atom. The number of anilines is 1. The number of methoxy groups -OCH3 is 1. The molecule has 0 bridgehead atoms. The number of carbonyl (C=O) groups is 1. The first-order chi connectivity index (χ1) is 8.17. The smallest absolute Gasteiger partial charge is 0.328 e. The number of carboxylic acids is 1. The lowest BCUT2D eigenvalue weighted by molar-refractivity contribution is -0.131. The molecule has 4 heteroatoms. The topological polar surface area (TPSA) is 58.6 Å². The number of nitrogens with one attached hydrogen (secondary N) is 1. The van der Waals surface area contributed by atoms with Gasteiger partial charge in [0.15, 0.2) is 0 Å². The number of benzene rings is 1. The van der Waals surface area contributed by atoms with E-state index >= 15 is 0 Å². The third-order valence-electron chi connectivity index (χ3n) is 2.35. The van der Waals surface area contributed by atoms with Crippen LogP contribution in [0.25, 0.3) is 0 Å². The summed E-state index contributed by atoms with van der Waals surface area (Å²) in [6.07, 6.45) is 3.58. The van der Waals surface area contributed by atoms with Crippen molar-refractivity contribution >= 4 is 11.7 Å². The van der Waals surface area contributed by atoms with Crippen LogP contribution in [-0.4, -0.2) is 24.7 Å². The molecule has 17 heavy (non-hydrogen) atoms. The predicted octanol–water partition coefficient (Wildman–Crippen LogP) is 2.31. The Labute approximate surface area is 101 Å². The zero-order valence-corrected chi connectivity index (χ0v) is 10.1. The minimum absolute atomic E-state index is 0.488. The van der Waals surface area contributed by atoms with E-state index in [1.807, 2.05) is 18.2 Å². The molecule has 0 aliphatic rings. The Morgan fingerprint density at radius 2 is 2.29 bits per heavy atom. The third kappa shape index (κ3) is 4.18. The van der Waals surface area contributed by atoms with Gasteiger partial charge in [-0.25, -0.2) is 4.79 Å². The zero-order chi connectivity index (χ0) is 12.7. The summed E-state index contributed by atoms with van der Waals surface area (Å²) in [6, 6.07) is 5.82. The molecule has 0 spiro atoms. The number of hydrogen-bond donors (Lipinski definition) is 2. The number of hydrogen-bond acceptors (Lipinski definition) is 3. The van der Waals surface area contributed by atoms with Gasteiger partial charge in [0.05, 0.1) is 7.11 Å². The standard InChI is InChI=1S/C13H17NO3/c1-3-10-9-11(6-7-12(10)17-2)14-8-4-5-13(15)16/h4-7,9,14H,3,8H2,1-2H3,(H,15,16)/b5-4+. The van der Waals surface area contributed by atoms with E-state index in [4.69, 9.17) is 9.84 Å². The fraction of sp³-hybridized carbons (Fsp3) is 0.308. The lowest BCUT2D eigenvalue weighted by atomic mass is 10.1. The molecule has 2 N–H and O–H groups in total. The Bertz CT molecular complexity index is 413. The molecule has 92 valence electrons. The lowest BCUT2D eigenvalue weighted by Crippen LogP contribution is -2.00. The van der Waals surface area contributed by atoms with Crippen LogP contribution in [0.3, 0.4) is 0 Å². The third-order valence-corrected chi connectivity index (χ3v) is 2.35. The normalized spacial score (nSPS) is 10.5. The summed E-state index contributed by atoms with van der Waals surface area (Å²) in [5.41, 5.74) is 2.08. The van der Waals surface area contributed by atoms with Crippen molar-refractivity contribution in [2.45, 2.75) is 13.3 Å². The minimum atomic E-state index is -0.934. The highest BCUT2D eigenvalue weighted by Crippen LogP contribution is 2.22. The van der Waals surface area contributed by atoms with E-state index in [0.717, 1.165) is 29.5 Å². The van der Waals surface area contributed by atoms with Crippen molar-refractivity contribution in [2.75, 3.05) is 19.0 Å². The molecule has 0 saturated heterocycles. The average molecular weight is 235 g/mol. The fourth-order valence-corrected chi connectivity index (χ4v) is 1.50. The number of carboxylic acid groups (broad SMARTS) is 1. The van der Waals surface area contributed by atoms with E-state index < -0.39 is 5.97 Å². The highest BCUT2D eigenvalue weighted by Gasteiger charge is 2.01. The molecule has 4 nitrogen and oxygen atoms in total. The largest absolute Gasteiger partial charge is 0.496 e. The van der Waals surface area contributed by atoms with Gasteiger partial charge in [-0.2, -0.15) is 0 Å². The van der Waals surface area contributed by atoms with E-state index in [1.54, 1.807) is 13.2 Å². The molecule has 0 unspecified atom stereocenters. The van der Waals surface area contributed by atoms with Crippen LogP contribution >= 0.6 is 0 Å². The van der Waals surface area contributed by atoms with Crippen LogP contribution in [0.5, 0.6) is 5.75 Å². The zero-order valence-electron chi connectivity index (χ0n) is 10.1. The monoisotopic (exact) mass is 235 g/mol. The molecular formula is C13H17NO3. The first kappa shape index (κ1) is 13.1. The molecule has 0 atom stereocenters. The van der Waals surface area contributed by atoms with Crippen LogP contribution in [0.15, 0.2) is 30.4 Å². The van der Waals surface area contributed by atoms with Crippen LogP contribution in [0.4, 0.5) is 5.69 Å². The quantitative estimate of drug-likeness (QED) is 0.743. The molecule has 0 aromatic heterocycles. The Morgan fingerprint density at radius 1 is 1.53 bits per heavy atom. The number of aliphatic carboxylic acids is 1. The SMILES string of the molecule is CCc1cc(NC/C=C/C(=O)O)ccc1OC. The highest BCUT2D eigenvalue weighted by molar-refractivity contribution is 5.79. The number of ether oxygens (including phenoxy) is 1. The molecule has 0 aliphatic heterocycles. The molecule has 0 aliphatic carbocycles. The van der Waals surface area contributed by atoms with Crippen LogP contribution < -0.4 is 10.1 Å². The number of aryl methyl sites for hydroxylation is 1. The summed E-state index contributed by atoms with van der Waals surface area (Å²) in [6.45, 7) is 2.55. The molecule has 1 aromatic rings. The van der Waals surface area contributed by atoms with Crippen molar-refractivity contribution < 1.29 is 14.6 Å². The Kier molecular flexibility index (Phi) is 5.07. The fourth-order valence-electron chi connectivity index (χ4n) is 1.50.